The number of nitrogens with one attached hydrogen (secondary N) is 2. The van der Waals surface area contributed by atoms with Gasteiger partial charge in [0.05, 0.1) is 19.8 Å². The summed E-state index contributed by atoms with van der Waals surface area (Å²) >= 11 is 0. The Morgan fingerprint density at radius 3 is 2.17 bits per heavy atom. The first kappa shape index (κ1) is 20.3. The molecule has 0 unspecified atom stereocenters. The van der Waals surface area contributed by atoms with Crippen molar-refractivity contribution in [3.63, 3.8) is 0 Å². The first-order chi connectivity index (χ1) is 14.5. The summed E-state index contributed by atoms with van der Waals surface area (Å²) < 4.78 is 5.61. The number of rotatable bonds is 6. The molecule has 1 saturated heterocycles. The van der Waals surface area contributed by atoms with Crippen molar-refractivity contribution >= 4 is 11.6 Å². The minimum Gasteiger partial charge on any atom is -0.378 e. The molecule has 2 N–H and O–H groups in total. The van der Waals surface area contributed by atoms with Crippen LogP contribution in [0.2, 0.25) is 0 Å². The fraction of sp³-hybridized carbons (Fsp3) is 0.720. The van der Waals surface area contributed by atoms with E-state index in [2.05, 4.69) is 48.6 Å². The molecule has 4 saturated carbocycles. The van der Waals surface area contributed by atoms with E-state index in [1.165, 1.54) is 35.4 Å². The summed E-state index contributed by atoms with van der Waals surface area (Å²) in [5.74, 6) is 2.77. The predicted octanol–water partition coefficient (Wildman–Crippen LogP) is 2.04. The lowest BCUT2D eigenvalue weighted by Gasteiger charge is -2.55. The average Bonchev–Trinajstić information content (AvgIpc) is 2.74. The van der Waals surface area contributed by atoms with Crippen LogP contribution >= 0.6 is 0 Å². The number of nitrogens with zero attached hydrogens (tertiary/aromatic N) is 1. The third-order valence-electron chi connectivity index (χ3n) is 8.43. The zero-order valence-electron chi connectivity index (χ0n) is 18.7. The number of ether oxygens (including phenoxy) is 1. The van der Waals surface area contributed by atoms with Gasteiger partial charge in [-0.25, -0.2) is 0 Å². The van der Waals surface area contributed by atoms with E-state index >= 15 is 0 Å². The molecule has 30 heavy (non-hydrogen) atoms. The third-order valence-corrected chi connectivity index (χ3v) is 8.43. The van der Waals surface area contributed by atoms with E-state index in [9.17, 15) is 4.79 Å². The van der Waals surface area contributed by atoms with Crippen LogP contribution in [0.15, 0.2) is 24.3 Å². The molecule has 1 aromatic carbocycles. The van der Waals surface area contributed by atoms with Crippen LogP contribution < -0.4 is 15.1 Å². The maximum Gasteiger partial charge on any atom is 0.226 e. The summed E-state index contributed by atoms with van der Waals surface area (Å²) in [5.41, 5.74) is 2.48. The van der Waals surface area contributed by atoms with E-state index < -0.39 is 0 Å². The van der Waals surface area contributed by atoms with Gasteiger partial charge >= 0.3 is 0 Å². The second kappa shape index (κ2) is 8.16. The average molecular weight is 413 g/mol. The van der Waals surface area contributed by atoms with Crippen molar-refractivity contribution in [3.05, 3.63) is 29.8 Å². The van der Waals surface area contributed by atoms with Gasteiger partial charge in [-0.05, 0) is 68.4 Å². The molecule has 164 valence electrons. The Labute approximate surface area is 181 Å². The second-order valence-electron chi connectivity index (χ2n) is 10.7. The maximum absolute atomic E-state index is 13.5. The highest BCUT2D eigenvalue weighted by atomic mass is 16.5. The van der Waals surface area contributed by atoms with Gasteiger partial charge < -0.3 is 19.9 Å². The molecule has 5 heteroatoms. The van der Waals surface area contributed by atoms with Crippen LogP contribution in [0.1, 0.15) is 50.1 Å². The first-order valence-corrected chi connectivity index (χ1v) is 12.0. The molecule has 5 fully saturated rings. The van der Waals surface area contributed by atoms with Crippen molar-refractivity contribution in [1.29, 1.82) is 0 Å². The molecule has 1 aromatic rings. The molecular weight excluding hydrogens is 374 g/mol. The highest BCUT2D eigenvalue weighted by Gasteiger charge is 2.54. The first-order valence-electron chi connectivity index (χ1n) is 12.0. The molecule has 0 spiro atoms. The third kappa shape index (κ3) is 3.87. The predicted molar refractivity (Wildman–Crippen MR) is 119 cm³/mol. The van der Waals surface area contributed by atoms with Gasteiger partial charge in [-0.1, -0.05) is 12.1 Å². The number of hydrogen-bond donors (Lipinski definition) is 2. The van der Waals surface area contributed by atoms with E-state index in [0.29, 0.717) is 11.9 Å². The van der Waals surface area contributed by atoms with Crippen LogP contribution in [0, 0.1) is 23.2 Å². The fourth-order valence-corrected chi connectivity index (χ4v) is 7.26. The number of anilines is 1. The SMILES string of the molecule is CN(C)c1ccc([C@H](CNC(=O)C23CC4CC(CC(C4)C2)C3)[NH+]2CCOCC2)cc1. The Kier molecular flexibility index (Phi) is 5.53. The van der Waals surface area contributed by atoms with Crippen LogP contribution in [0.4, 0.5) is 5.69 Å². The fourth-order valence-electron chi connectivity index (χ4n) is 7.26. The molecule has 4 bridgehead atoms. The lowest BCUT2D eigenvalue weighted by atomic mass is 9.49. The summed E-state index contributed by atoms with van der Waals surface area (Å²) in [6.07, 6.45) is 7.55. The van der Waals surface area contributed by atoms with Gasteiger partial charge in [0.1, 0.15) is 19.1 Å². The number of quaternary nitrogens is 1. The molecular formula is C25H38N3O2+. The lowest BCUT2D eigenvalue weighted by molar-refractivity contribution is -0.937. The van der Waals surface area contributed by atoms with E-state index in [0.717, 1.165) is 69.9 Å². The number of carbonyl (C=O) groups excluding carboxylic acids is 1. The van der Waals surface area contributed by atoms with Gasteiger partial charge in [0.25, 0.3) is 0 Å². The Morgan fingerprint density at radius 2 is 1.63 bits per heavy atom. The summed E-state index contributed by atoms with van der Waals surface area (Å²) in [6.45, 7) is 4.37. The highest BCUT2D eigenvalue weighted by molar-refractivity contribution is 5.83. The van der Waals surface area contributed by atoms with Crippen molar-refractivity contribution in [2.45, 2.75) is 44.6 Å². The molecule has 0 radical (unpaired) electrons. The van der Waals surface area contributed by atoms with E-state index in [1.807, 2.05) is 0 Å². The van der Waals surface area contributed by atoms with Crippen molar-refractivity contribution < 1.29 is 14.4 Å². The topological polar surface area (TPSA) is 46.0 Å². The summed E-state index contributed by atoms with van der Waals surface area (Å²) in [5, 5.41) is 3.46. The number of benzene rings is 1. The molecule has 1 heterocycles. The van der Waals surface area contributed by atoms with Crippen LogP contribution in [-0.2, 0) is 9.53 Å². The molecule has 1 atom stereocenters. The number of hydrogen-bond acceptors (Lipinski definition) is 3. The van der Waals surface area contributed by atoms with Gasteiger partial charge in [-0.2, -0.15) is 0 Å². The highest BCUT2D eigenvalue weighted by Crippen LogP contribution is 2.60. The molecule has 5 aliphatic rings. The molecule has 0 aromatic heterocycles. The largest absolute Gasteiger partial charge is 0.378 e. The van der Waals surface area contributed by atoms with Crippen LogP contribution in [0.25, 0.3) is 0 Å². The quantitative estimate of drug-likeness (QED) is 0.752. The summed E-state index contributed by atoms with van der Waals surface area (Å²) in [6, 6.07) is 9.19. The number of carbonyl (C=O) groups is 1. The Morgan fingerprint density at radius 1 is 1.07 bits per heavy atom. The minimum atomic E-state index is -0.0611. The van der Waals surface area contributed by atoms with E-state index in [-0.39, 0.29) is 5.41 Å². The van der Waals surface area contributed by atoms with Gasteiger partial charge in [-0.3, -0.25) is 4.79 Å². The number of morpholine rings is 1. The van der Waals surface area contributed by atoms with Crippen molar-refractivity contribution in [3.8, 4) is 0 Å². The van der Waals surface area contributed by atoms with Crippen molar-refractivity contribution in [2.75, 3.05) is 51.8 Å². The Bertz CT molecular complexity index is 719. The van der Waals surface area contributed by atoms with Crippen molar-refractivity contribution in [2.24, 2.45) is 23.2 Å². The monoisotopic (exact) mass is 412 g/mol. The lowest BCUT2D eigenvalue weighted by Crippen LogP contribution is -3.15. The van der Waals surface area contributed by atoms with Crippen molar-refractivity contribution in [1.82, 2.24) is 5.32 Å². The van der Waals surface area contributed by atoms with Gasteiger partial charge in [0.2, 0.25) is 5.91 Å². The minimum absolute atomic E-state index is 0.0611. The summed E-state index contributed by atoms with van der Waals surface area (Å²) in [4.78, 5) is 17.2. The van der Waals surface area contributed by atoms with E-state index in [1.54, 1.807) is 0 Å². The molecule has 1 amide bonds. The second-order valence-corrected chi connectivity index (χ2v) is 10.7. The zero-order valence-corrected chi connectivity index (χ0v) is 18.7. The van der Waals surface area contributed by atoms with Gasteiger partial charge in [0.15, 0.2) is 0 Å². The van der Waals surface area contributed by atoms with Gasteiger partial charge in [-0.15, -0.1) is 0 Å². The maximum atomic E-state index is 13.5. The van der Waals surface area contributed by atoms with E-state index in [4.69, 9.17) is 4.74 Å². The normalized spacial score (nSPS) is 34.0. The summed E-state index contributed by atoms with van der Waals surface area (Å²) in [7, 11) is 4.15. The number of amides is 1. The van der Waals surface area contributed by atoms with Crippen LogP contribution in [-0.4, -0.2) is 52.9 Å². The molecule has 1 aliphatic heterocycles. The van der Waals surface area contributed by atoms with Crippen LogP contribution in [0.5, 0.6) is 0 Å². The zero-order chi connectivity index (χ0) is 20.7. The smallest absolute Gasteiger partial charge is 0.226 e. The molecule has 5 nitrogen and oxygen atoms in total. The Hall–Kier alpha value is -1.59. The molecule has 6 rings (SSSR count). The molecule has 4 aliphatic carbocycles. The Balaban J connectivity index is 1.30. The van der Waals surface area contributed by atoms with Gasteiger partial charge in [0, 0.05) is 30.8 Å². The standard InChI is InChI=1S/C25H37N3O2/c1-27(2)22-5-3-21(4-6-22)23(28-7-9-30-10-8-28)17-26-24(29)25-14-18-11-19(15-25)13-20(12-18)16-25/h3-6,18-20,23H,7-17H2,1-2H3,(H,26,29)/p+1/t18?,19?,20?,23-,25?/m0/s1. The van der Waals surface area contributed by atoms with Crippen LogP contribution in [0.3, 0.4) is 0 Å².